The second-order valence-electron chi connectivity index (χ2n) is 6.61. The molecule has 0 radical (unpaired) electrons. The predicted molar refractivity (Wildman–Crippen MR) is 115 cm³/mol. The highest BCUT2D eigenvalue weighted by molar-refractivity contribution is 5.92. The van der Waals surface area contributed by atoms with E-state index in [9.17, 15) is 4.79 Å². The molecule has 0 spiro atoms. The molecule has 1 amide bonds. The fourth-order valence-electron chi connectivity index (χ4n) is 2.96. The number of hydrogen-bond donors (Lipinski definition) is 1. The number of aryl methyl sites for hydroxylation is 1. The Bertz CT molecular complexity index is 943. The van der Waals surface area contributed by atoms with Gasteiger partial charge in [0.2, 0.25) is 5.95 Å². The molecule has 3 rings (SSSR count). The molecule has 6 nitrogen and oxygen atoms in total. The monoisotopic (exact) mass is 390 g/mol. The van der Waals surface area contributed by atoms with Crippen LogP contribution < -0.4 is 10.1 Å². The van der Waals surface area contributed by atoms with Gasteiger partial charge in [0.15, 0.2) is 0 Å². The van der Waals surface area contributed by atoms with Crippen LogP contribution >= 0.6 is 0 Å². The van der Waals surface area contributed by atoms with Crippen molar-refractivity contribution in [1.29, 1.82) is 0 Å². The number of rotatable bonds is 8. The Morgan fingerprint density at radius 2 is 1.76 bits per heavy atom. The van der Waals surface area contributed by atoms with E-state index >= 15 is 0 Å². The molecule has 2 aromatic carbocycles. The van der Waals surface area contributed by atoms with E-state index in [4.69, 9.17) is 4.74 Å². The normalized spacial score (nSPS) is 10.4. The van der Waals surface area contributed by atoms with Crippen molar-refractivity contribution in [2.45, 2.75) is 27.3 Å². The lowest BCUT2D eigenvalue weighted by molar-refractivity contribution is 0.0746. The summed E-state index contributed by atoms with van der Waals surface area (Å²) in [5.41, 5.74) is 3.02. The van der Waals surface area contributed by atoms with E-state index in [2.05, 4.69) is 15.3 Å². The molecule has 0 fully saturated rings. The summed E-state index contributed by atoms with van der Waals surface area (Å²) in [5.74, 6) is 1.09. The Kier molecular flexibility index (Phi) is 6.79. The number of carbonyl (C=O) groups excluding carboxylic acids is 1. The summed E-state index contributed by atoms with van der Waals surface area (Å²) in [7, 11) is 0. The zero-order chi connectivity index (χ0) is 20.6. The average Bonchev–Trinajstić information content (AvgIpc) is 2.73. The number of aromatic nitrogens is 2. The number of nitrogens with zero attached hydrogens (tertiary/aromatic N) is 3. The third-order valence-electron chi connectivity index (χ3n) is 4.38. The molecule has 0 atom stereocenters. The van der Waals surface area contributed by atoms with Gasteiger partial charge in [-0.05, 0) is 56.7 Å². The summed E-state index contributed by atoms with van der Waals surface area (Å²) in [6, 6.07) is 19.2. The third-order valence-corrected chi connectivity index (χ3v) is 4.38. The molecular formula is C23H26N4O2. The van der Waals surface area contributed by atoms with Gasteiger partial charge in [-0.25, -0.2) is 9.97 Å². The summed E-state index contributed by atoms with van der Waals surface area (Å²) in [6.45, 7) is 7.53. The summed E-state index contributed by atoms with van der Waals surface area (Å²) >= 11 is 0. The molecule has 150 valence electrons. The molecule has 0 aliphatic rings. The summed E-state index contributed by atoms with van der Waals surface area (Å²) in [4.78, 5) is 23.7. The standard InChI is InChI=1S/C23H26N4O2/c1-4-27(16-18-9-7-6-8-10-18)22(28)21-15-17(3)24-23(26-21)25-19-11-13-20(14-12-19)29-5-2/h6-15H,4-5,16H2,1-3H3,(H,24,25,26). The van der Waals surface area contributed by atoms with Gasteiger partial charge in [-0.3, -0.25) is 4.79 Å². The van der Waals surface area contributed by atoms with E-state index < -0.39 is 0 Å². The quantitative estimate of drug-likeness (QED) is 0.609. The van der Waals surface area contributed by atoms with Crippen LogP contribution in [0.5, 0.6) is 5.75 Å². The lowest BCUT2D eigenvalue weighted by Gasteiger charge is -2.21. The van der Waals surface area contributed by atoms with Crippen LogP contribution in [-0.2, 0) is 6.54 Å². The maximum Gasteiger partial charge on any atom is 0.272 e. The van der Waals surface area contributed by atoms with Crippen molar-refractivity contribution in [2.75, 3.05) is 18.5 Å². The second-order valence-corrected chi connectivity index (χ2v) is 6.61. The lowest BCUT2D eigenvalue weighted by Crippen LogP contribution is -2.31. The van der Waals surface area contributed by atoms with Crippen molar-refractivity contribution in [1.82, 2.24) is 14.9 Å². The Hall–Kier alpha value is -3.41. The number of hydrogen-bond acceptors (Lipinski definition) is 5. The van der Waals surface area contributed by atoms with Gasteiger partial charge in [-0.15, -0.1) is 0 Å². The molecule has 0 unspecified atom stereocenters. The molecule has 0 saturated carbocycles. The van der Waals surface area contributed by atoms with Crippen LogP contribution in [0.3, 0.4) is 0 Å². The first kappa shape index (κ1) is 20.3. The number of anilines is 2. The molecule has 29 heavy (non-hydrogen) atoms. The van der Waals surface area contributed by atoms with E-state index in [1.165, 1.54) is 0 Å². The van der Waals surface area contributed by atoms with Gasteiger partial charge in [0.25, 0.3) is 5.91 Å². The van der Waals surface area contributed by atoms with E-state index in [1.54, 1.807) is 11.0 Å². The zero-order valence-corrected chi connectivity index (χ0v) is 17.1. The van der Waals surface area contributed by atoms with Gasteiger partial charge in [-0.1, -0.05) is 30.3 Å². The van der Waals surface area contributed by atoms with Gasteiger partial charge >= 0.3 is 0 Å². The highest BCUT2D eigenvalue weighted by Crippen LogP contribution is 2.19. The average molecular weight is 390 g/mol. The van der Waals surface area contributed by atoms with Gasteiger partial charge in [0.1, 0.15) is 11.4 Å². The van der Waals surface area contributed by atoms with Crippen LogP contribution in [0.25, 0.3) is 0 Å². The first-order valence-electron chi connectivity index (χ1n) is 9.77. The maximum absolute atomic E-state index is 13.0. The van der Waals surface area contributed by atoms with Crippen LogP contribution in [0.15, 0.2) is 60.7 Å². The highest BCUT2D eigenvalue weighted by Gasteiger charge is 2.18. The minimum atomic E-state index is -0.114. The molecule has 3 aromatic rings. The zero-order valence-electron chi connectivity index (χ0n) is 17.1. The van der Waals surface area contributed by atoms with Crippen molar-refractivity contribution >= 4 is 17.5 Å². The van der Waals surface area contributed by atoms with Crippen LogP contribution in [-0.4, -0.2) is 33.9 Å². The SMILES string of the molecule is CCOc1ccc(Nc2nc(C)cc(C(=O)N(CC)Cc3ccccc3)n2)cc1. The summed E-state index contributed by atoms with van der Waals surface area (Å²) in [5, 5.41) is 3.17. The van der Waals surface area contributed by atoms with Crippen LogP contribution in [0.1, 0.15) is 35.6 Å². The second kappa shape index (κ2) is 9.68. The fraction of sp³-hybridized carbons (Fsp3) is 0.261. The topological polar surface area (TPSA) is 67.3 Å². The summed E-state index contributed by atoms with van der Waals surface area (Å²) < 4.78 is 5.46. The first-order valence-corrected chi connectivity index (χ1v) is 9.77. The number of ether oxygens (including phenoxy) is 1. The van der Waals surface area contributed by atoms with E-state index in [0.717, 1.165) is 22.7 Å². The highest BCUT2D eigenvalue weighted by atomic mass is 16.5. The number of carbonyl (C=O) groups is 1. The third kappa shape index (κ3) is 5.54. The van der Waals surface area contributed by atoms with Crippen LogP contribution in [0, 0.1) is 6.92 Å². The molecule has 0 aliphatic carbocycles. The lowest BCUT2D eigenvalue weighted by atomic mass is 10.2. The Balaban J connectivity index is 1.77. The van der Waals surface area contributed by atoms with Gasteiger partial charge < -0.3 is 15.0 Å². The first-order chi connectivity index (χ1) is 14.1. The van der Waals surface area contributed by atoms with Crippen molar-refractivity contribution in [3.63, 3.8) is 0 Å². The molecule has 6 heteroatoms. The van der Waals surface area contributed by atoms with E-state index in [0.29, 0.717) is 31.3 Å². The molecule has 0 saturated heterocycles. The van der Waals surface area contributed by atoms with Crippen molar-refractivity contribution < 1.29 is 9.53 Å². The number of amides is 1. The van der Waals surface area contributed by atoms with E-state index in [1.807, 2.05) is 75.4 Å². The minimum Gasteiger partial charge on any atom is -0.494 e. The Morgan fingerprint density at radius 1 is 1.03 bits per heavy atom. The molecule has 0 bridgehead atoms. The van der Waals surface area contributed by atoms with Crippen molar-refractivity contribution in [3.05, 3.63) is 77.6 Å². The smallest absolute Gasteiger partial charge is 0.272 e. The molecule has 1 aromatic heterocycles. The Labute approximate surface area is 171 Å². The van der Waals surface area contributed by atoms with Gasteiger partial charge in [0.05, 0.1) is 6.61 Å². The van der Waals surface area contributed by atoms with Crippen molar-refractivity contribution in [2.24, 2.45) is 0 Å². The van der Waals surface area contributed by atoms with Gasteiger partial charge in [-0.2, -0.15) is 0 Å². The molecule has 0 aliphatic heterocycles. The molecule has 1 heterocycles. The Morgan fingerprint density at radius 3 is 2.41 bits per heavy atom. The number of benzene rings is 2. The van der Waals surface area contributed by atoms with E-state index in [-0.39, 0.29) is 5.91 Å². The van der Waals surface area contributed by atoms with Crippen LogP contribution in [0.2, 0.25) is 0 Å². The minimum absolute atomic E-state index is 0.114. The number of nitrogens with one attached hydrogen (secondary N) is 1. The largest absolute Gasteiger partial charge is 0.494 e. The van der Waals surface area contributed by atoms with Crippen molar-refractivity contribution in [3.8, 4) is 5.75 Å². The molecular weight excluding hydrogens is 364 g/mol. The summed E-state index contributed by atoms with van der Waals surface area (Å²) in [6.07, 6.45) is 0. The van der Waals surface area contributed by atoms with Gasteiger partial charge in [0, 0.05) is 24.5 Å². The maximum atomic E-state index is 13.0. The molecule has 1 N–H and O–H groups in total. The fourth-order valence-corrected chi connectivity index (χ4v) is 2.96. The predicted octanol–water partition coefficient (Wildman–Crippen LogP) is 4.59. The van der Waals surface area contributed by atoms with Crippen LogP contribution in [0.4, 0.5) is 11.6 Å².